The zero-order valence-corrected chi connectivity index (χ0v) is 14.3. The Morgan fingerprint density at radius 3 is 2.55 bits per heavy atom. The Kier molecular flexibility index (Phi) is 5.61. The fraction of sp³-hybridized carbons (Fsp3) is 0.500. The summed E-state index contributed by atoms with van der Waals surface area (Å²) in [5, 5.41) is 4.61. The number of fused-ring (bicyclic) bond motifs is 1. The molecule has 4 nitrogen and oxygen atoms in total. The first-order valence-corrected chi connectivity index (χ1v) is 7.95. The minimum Gasteiger partial charge on any atom is -0.497 e. The van der Waals surface area contributed by atoms with Gasteiger partial charge in [0.2, 0.25) is 0 Å². The molecular formula is C18H27N3O. The van der Waals surface area contributed by atoms with Crippen LogP contribution in [0, 0.1) is 0 Å². The molecule has 0 saturated heterocycles. The molecule has 2 rings (SSSR count). The van der Waals surface area contributed by atoms with E-state index in [9.17, 15) is 0 Å². The highest BCUT2D eigenvalue weighted by molar-refractivity contribution is 5.91. The lowest BCUT2D eigenvalue weighted by molar-refractivity contribution is 0.182. The quantitative estimate of drug-likeness (QED) is 0.844. The van der Waals surface area contributed by atoms with Gasteiger partial charge in [-0.2, -0.15) is 0 Å². The first-order valence-electron chi connectivity index (χ1n) is 7.95. The molecule has 1 aromatic carbocycles. The molecule has 22 heavy (non-hydrogen) atoms. The van der Waals surface area contributed by atoms with Gasteiger partial charge in [-0.25, -0.2) is 0 Å². The number of anilines is 1. The van der Waals surface area contributed by atoms with E-state index in [-0.39, 0.29) is 0 Å². The number of pyridine rings is 1. The van der Waals surface area contributed by atoms with Gasteiger partial charge in [-0.3, -0.25) is 9.88 Å². The van der Waals surface area contributed by atoms with Crippen LogP contribution in [0.15, 0.2) is 30.5 Å². The molecule has 0 amide bonds. The molecule has 0 aliphatic rings. The van der Waals surface area contributed by atoms with Crippen LogP contribution in [-0.4, -0.2) is 42.2 Å². The van der Waals surface area contributed by atoms with E-state index < -0.39 is 0 Å². The minimum absolute atomic E-state index is 0.543. The topological polar surface area (TPSA) is 37.4 Å². The lowest BCUT2D eigenvalue weighted by Gasteiger charge is -2.30. The zero-order chi connectivity index (χ0) is 16.1. The number of rotatable bonds is 7. The first kappa shape index (κ1) is 16.6. The molecule has 1 N–H and O–H groups in total. The summed E-state index contributed by atoms with van der Waals surface area (Å²) in [6, 6.07) is 9.13. The Morgan fingerprint density at radius 1 is 1.18 bits per heavy atom. The lowest BCUT2D eigenvalue weighted by atomic mass is 10.1. The van der Waals surface area contributed by atoms with Crippen molar-refractivity contribution in [1.82, 2.24) is 9.88 Å². The van der Waals surface area contributed by atoms with Crippen molar-refractivity contribution in [3.05, 3.63) is 30.5 Å². The molecule has 0 fully saturated rings. The van der Waals surface area contributed by atoms with E-state index in [2.05, 4.69) is 49.0 Å². The lowest BCUT2D eigenvalue weighted by Crippen LogP contribution is -2.40. The van der Waals surface area contributed by atoms with Gasteiger partial charge >= 0.3 is 0 Å². The average molecular weight is 301 g/mol. The smallest absolute Gasteiger partial charge is 0.121 e. The van der Waals surface area contributed by atoms with Gasteiger partial charge < -0.3 is 10.1 Å². The maximum atomic E-state index is 5.39. The largest absolute Gasteiger partial charge is 0.497 e. The number of aromatic nitrogens is 1. The fourth-order valence-electron chi connectivity index (χ4n) is 2.85. The standard InChI is InChI=1S/C18H27N3O/c1-13(2)21(14(3)4)10-9-19-17-12-16(22-5)11-15-7-6-8-20-18(15)17/h6-8,11-14,19H,9-10H2,1-5H3. The number of hydrogen-bond acceptors (Lipinski definition) is 4. The van der Waals surface area contributed by atoms with Crippen LogP contribution >= 0.6 is 0 Å². The van der Waals surface area contributed by atoms with Crippen molar-refractivity contribution >= 4 is 16.6 Å². The first-order chi connectivity index (χ1) is 10.5. The predicted molar refractivity (Wildman–Crippen MR) is 93.8 cm³/mol. The highest BCUT2D eigenvalue weighted by Gasteiger charge is 2.13. The molecule has 0 atom stereocenters. The summed E-state index contributed by atoms with van der Waals surface area (Å²) in [6.45, 7) is 10.8. The van der Waals surface area contributed by atoms with Gasteiger partial charge in [-0.1, -0.05) is 6.07 Å². The van der Waals surface area contributed by atoms with Crippen LogP contribution in [0.2, 0.25) is 0 Å². The second-order valence-electron chi connectivity index (χ2n) is 6.10. The molecule has 0 unspecified atom stereocenters. The molecule has 0 bridgehead atoms. The van der Waals surface area contributed by atoms with Gasteiger partial charge in [-0.15, -0.1) is 0 Å². The van der Waals surface area contributed by atoms with E-state index in [4.69, 9.17) is 4.74 Å². The second kappa shape index (κ2) is 7.45. The van der Waals surface area contributed by atoms with Gasteiger partial charge in [-0.05, 0) is 39.8 Å². The van der Waals surface area contributed by atoms with Crippen molar-refractivity contribution in [3.63, 3.8) is 0 Å². The van der Waals surface area contributed by atoms with E-state index in [1.807, 2.05) is 24.4 Å². The van der Waals surface area contributed by atoms with Crippen molar-refractivity contribution in [3.8, 4) is 5.75 Å². The molecule has 0 spiro atoms. The normalized spacial score (nSPS) is 11.6. The molecule has 0 aliphatic carbocycles. The summed E-state index contributed by atoms with van der Waals surface area (Å²) in [6.07, 6.45) is 1.83. The Morgan fingerprint density at radius 2 is 1.91 bits per heavy atom. The maximum Gasteiger partial charge on any atom is 0.121 e. The molecule has 2 aromatic rings. The van der Waals surface area contributed by atoms with Gasteiger partial charge in [0.1, 0.15) is 5.75 Å². The molecule has 1 aromatic heterocycles. The van der Waals surface area contributed by atoms with Crippen molar-refractivity contribution in [1.29, 1.82) is 0 Å². The van der Waals surface area contributed by atoms with Gasteiger partial charge in [0.15, 0.2) is 0 Å². The highest BCUT2D eigenvalue weighted by atomic mass is 16.5. The van der Waals surface area contributed by atoms with Crippen molar-refractivity contribution < 1.29 is 4.74 Å². The number of hydrogen-bond donors (Lipinski definition) is 1. The summed E-state index contributed by atoms with van der Waals surface area (Å²) in [5.41, 5.74) is 2.02. The van der Waals surface area contributed by atoms with Gasteiger partial charge in [0, 0.05) is 42.8 Å². The summed E-state index contributed by atoms with van der Waals surface area (Å²) in [4.78, 5) is 6.97. The minimum atomic E-state index is 0.543. The van der Waals surface area contributed by atoms with Crippen LogP contribution < -0.4 is 10.1 Å². The van der Waals surface area contributed by atoms with Crippen molar-refractivity contribution in [2.45, 2.75) is 39.8 Å². The summed E-state index contributed by atoms with van der Waals surface area (Å²) >= 11 is 0. The fourth-order valence-corrected chi connectivity index (χ4v) is 2.85. The number of benzene rings is 1. The Labute approximate surface area is 133 Å². The third-order valence-corrected chi connectivity index (χ3v) is 3.93. The maximum absolute atomic E-state index is 5.39. The predicted octanol–water partition coefficient (Wildman–Crippen LogP) is 3.77. The third-order valence-electron chi connectivity index (χ3n) is 3.93. The molecular weight excluding hydrogens is 274 g/mol. The van der Waals surface area contributed by atoms with E-state index in [1.165, 1.54) is 0 Å². The summed E-state index contributed by atoms with van der Waals surface area (Å²) in [5.74, 6) is 0.854. The second-order valence-corrected chi connectivity index (χ2v) is 6.10. The van der Waals surface area contributed by atoms with Crippen LogP contribution in [0.4, 0.5) is 5.69 Å². The molecule has 0 radical (unpaired) electrons. The van der Waals surface area contributed by atoms with Crippen LogP contribution in [0.25, 0.3) is 10.9 Å². The third kappa shape index (κ3) is 3.89. The van der Waals surface area contributed by atoms with E-state index in [1.54, 1.807) is 7.11 Å². The number of methoxy groups -OCH3 is 1. The number of nitrogens with one attached hydrogen (secondary N) is 1. The monoisotopic (exact) mass is 301 g/mol. The molecule has 0 aliphatic heterocycles. The Balaban J connectivity index is 2.14. The van der Waals surface area contributed by atoms with Gasteiger partial charge in [0.25, 0.3) is 0 Å². The molecule has 0 saturated carbocycles. The number of nitrogens with zero attached hydrogens (tertiary/aromatic N) is 2. The van der Waals surface area contributed by atoms with Crippen LogP contribution in [-0.2, 0) is 0 Å². The van der Waals surface area contributed by atoms with Crippen LogP contribution in [0.3, 0.4) is 0 Å². The zero-order valence-electron chi connectivity index (χ0n) is 14.3. The molecule has 1 heterocycles. The highest BCUT2D eigenvalue weighted by Crippen LogP contribution is 2.27. The van der Waals surface area contributed by atoms with Crippen molar-refractivity contribution in [2.75, 3.05) is 25.5 Å². The van der Waals surface area contributed by atoms with E-state index in [0.29, 0.717) is 12.1 Å². The molecule has 4 heteroatoms. The van der Waals surface area contributed by atoms with E-state index in [0.717, 1.165) is 35.4 Å². The average Bonchev–Trinajstić information content (AvgIpc) is 2.50. The summed E-state index contributed by atoms with van der Waals surface area (Å²) < 4.78 is 5.39. The Hall–Kier alpha value is -1.81. The SMILES string of the molecule is COc1cc(NCCN(C(C)C)C(C)C)c2ncccc2c1. The van der Waals surface area contributed by atoms with Crippen LogP contribution in [0.1, 0.15) is 27.7 Å². The molecule has 120 valence electrons. The van der Waals surface area contributed by atoms with Gasteiger partial charge in [0.05, 0.1) is 18.3 Å². The Bertz CT molecular complexity index is 602. The van der Waals surface area contributed by atoms with Crippen LogP contribution in [0.5, 0.6) is 5.75 Å². The van der Waals surface area contributed by atoms with E-state index >= 15 is 0 Å². The number of ether oxygens (including phenoxy) is 1. The summed E-state index contributed by atoms with van der Waals surface area (Å²) in [7, 11) is 1.70. The van der Waals surface area contributed by atoms with Crippen molar-refractivity contribution in [2.24, 2.45) is 0 Å².